The molecule has 0 radical (unpaired) electrons. The van der Waals surface area contributed by atoms with Crippen LogP contribution < -0.4 is 4.90 Å². The molecule has 164 valence electrons. The molecule has 0 unspecified atom stereocenters. The fourth-order valence-corrected chi connectivity index (χ4v) is 4.35. The van der Waals surface area contributed by atoms with Gasteiger partial charge < -0.3 is 9.80 Å². The summed E-state index contributed by atoms with van der Waals surface area (Å²) < 4.78 is 40.9. The Labute approximate surface area is 184 Å². The normalized spacial score (nSPS) is 14.8. The highest BCUT2D eigenvalue weighted by atomic mass is 32.1. The Morgan fingerprint density at radius 1 is 1.03 bits per heavy atom. The monoisotopic (exact) mass is 458 g/mol. The maximum atomic E-state index is 13.1. The second-order valence-corrected chi connectivity index (χ2v) is 8.24. The highest BCUT2D eigenvalue weighted by Gasteiger charge is 2.31. The minimum atomic E-state index is -4.43. The van der Waals surface area contributed by atoms with Crippen LogP contribution in [0.15, 0.2) is 54.0 Å². The fraction of sp³-hybridized carbons (Fsp3) is 0.238. The Kier molecular flexibility index (Phi) is 5.04. The number of piperazine rings is 1. The van der Waals surface area contributed by atoms with E-state index in [0.717, 1.165) is 12.1 Å². The van der Waals surface area contributed by atoms with Gasteiger partial charge in [0.15, 0.2) is 0 Å². The molecule has 5 rings (SSSR count). The van der Waals surface area contributed by atoms with E-state index in [2.05, 4.69) is 15.1 Å². The standard InChI is InChI=1S/C21H17F3N6OS/c22-21(23,24)15-4-1-3-14(13-15)16-6-7-25-19-26-20(27-30(16)19)29-10-8-28(9-11-29)18(31)17-5-2-12-32-17/h1-7,12-13H,8-11H2. The lowest BCUT2D eigenvalue weighted by Crippen LogP contribution is -2.49. The van der Waals surface area contributed by atoms with E-state index in [1.54, 1.807) is 17.0 Å². The minimum absolute atomic E-state index is 0.0103. The first-order valence-corrected chi connectivity index (χ1v) is 10.8. The molecule has 1 amide bonds. The van der Waals surface area contributed by atoms with Crippen molar-refractivity contribution >= 4 is 29.0 Å². The molecule has 0 spiro atoms. The van der Waals surface area contributed by atoms with E-state index in [9.17, 15) is 18.0 Å². The number of thiophene rings is 1. The maximum Gasteiger partial charge on any atom is 0.416 e. The molecule has 1 fully saturated rings. The number of hydrogen-bond donors (Lipinski definition) is 0. The van der Waals surface area contributed by atoms with E-state index in [1.807, 2.05) is 22.4 Å². The molecule has 1 aliphatic heterocycles. The van der Waals surface area contributed by atoms with Gasteiger partial charge in [0.05, 0.1) is 16.1 Å². The number of amides is 1. The van der Waals surface area contributed by atoms with Crippen LogP contribution in [-0.4, -0.2) is 56.6 Å². The van der Waals surface area contributed by atoms with Crippen molar-refractivity contribution in [2.45, 2.75) is 6.18 Å². The summed E-state index contributed by atoms with van der Waals surface area (Å²) in [4.78, 5) is 25.7. The van der Waals surface area contributed by atoms with Gasteiger partial charge in [0, 0.05) is 37.9 Å². The van der Waals surface area contributed by atoms with Gasteiger partial charge in [-0.2, -0.15) is 22.7 Å². The van der Waals surface area contributed by atoms with Crippen molar-refractivity contribution in [1.29, 1.82) is 0 Å². The number of nitrogens with zero attached hydrogens (tertiary/aromatic N) is 6. The highest BCUT2D eigenvalue weighted by Crippen LogP contribution is 2.32. The Morgan fingerprint density at radius 3 is 2.56 bits per heavy atom. The number of alkyl halides is 3. The van der Waals surface area contributed by atoms with Crippen molar-refractivity contribution < 1.29 is 18.0 Å². The van der Waals surface area contributed by atoms with Gasteiger partial charge in [0.25, 0.3) is 11.7 Å². The summed E-state index contributed by atoms with van der Waals surface area (Å²) in [6, 6.07) is 10.4. The fourth-order valence-electron chi connectivity index (χ4n) is 3.66. The highest BCUT2D eigenvalue weighted by molar-refractivity contribution is 7.12. The number of anilines is 1. The van der Waals surface area contributed by atoms with Crippen LogP contribution in [0.5, 0.6) is 0 Å². The maximum absolute atomic E-state index is 13.1. The zero-order valence-corrected chi connectivity index (χ0v) is 17.5. The van der Waals surface area contributed by atoms with Crippen LogP contribution in [0.2, 0.25) is 0 Å². The number of hydrogen-bond acceptors (Lipinski definition) is 6. The SMILES string of the molecule is O=C(c1cccs1)N1CCN(c2nc3nccc(-c4cccc(C(F)(F)F)c4)n3n2)CC1. The molecule has 1 aliphatic rings. The van der Waals surface area contributed by atoms with Crippen molar-refractivity contribution in [3.63, 3.8) is 0 Å². The van der Waals surface area contributed by atoms with Crippen LogP contribution in [0, 0.1) is 0 Å². The first-order valence-electron chi connectivity index (χ1n) is 9.87. The predicted molar refractivity (Wildman–Crippen MR) is 114 cm³/mol. The zero-order valence-electron chi connectivity index (χ0n) is 16.7. The van der Waals surface area contributed by atoms with E-state index in [0.29, 0.717) is 54.0 Å². The number of carbonyl (C=O) groups is 1. The molecule has 0 atom stereocenters. The summed E-state index contributed by atoms with van der Waals surface area (Å²) in [6.07, 6.45) is -2.93. The Hall–Kier alpha value is -3.47. The van der Waals surface area contributed by atoms with Gasteiger partial charge in [-0.25, -0.2) is 4.98 Å². The number of aromatic nitrogens is 4. The lowest BCUT2D eigenvalue weighted by Gasteiger charge is -2.33. The molecule has 0 saturated carbocycles. The summed E-state index contributed by atoms with van der Waals surface area (Å²) in [5.74, 6) is 0.739. The molecule has 4 aromatic rings. The van der Waals surface area contributed by atoms with E-state index in [-0.39, 0.29) is 5.91 Å². The van der Waals surface area contributed by atoms with Crippen LogP contribution >= 0.6 is 11.3 Å². The lowest BCUT2D eigenvalue weighted by molar-refractivity contribution is -0.137. The van der Waals surface area contributed by atoms with Gasteiger partial charge in [0.1, 0.15) is 0 Å². The number of halogens is 3. The number of benzene rings is 1. The third-order valence-electron chi connectivity index (χ3n) is 5.30. The number of carbonyl (C=O) groups excluding carboxylic acids is 1. The van der Waals surface area contributed by atoms with Crippen molar-refractivity contribution in [2.75, 3.05) is 31.1 Å². The molecule has 0 bridgehead atoms. The molecule has 4 heterocycles. The van der Waals surface area contributed by atoms with Gasteiger partial charge in [-0.05, 0) is 29.6 Å². The third-order valence-corrected chi connectivity index (χ3v) is 6.15. The first-order chi connectivity index (χ1) is 15.4. The number of fused-ring (bicyclic) bond motifs is 1. The molecule has 3 aromatic heterocycles. The van der Waals surface area contributed by atoms with E-state index >= 15 is 0 Å². The Balaban J connectivity index is 1.39. The second-order valence-electron chi connectivity index (χ2n) is 7.29. The summed E-state index contributed by atoms with van der Waals surface area (Å²) in [5, 5.41) is 6.38. The van der Waals surface area contributed by atoms with Gasteiger partial charge >= 0.3 is 6.18 Å². The molecule has 0 aliphatic carbocycles. The second kappa shape index (κ2) is 7.90. The first kappa shape index (κ1) is 20.4. The van der Waals surface area contributed by atoms with E-state index < -0.39 is 11.7 Å². The predicted octanol–water partition coefficient (Wildman–Crippen LogP) is 3.83. The average molecular weight is 458 g/mol. The van der Waals surface area contributed by atoms with Crippen molar-refractivity contribution in [2.24, 2.45) is 0 Å². The molecule has 7 nitrogen and oxygen atoms in total. The van der Waals surface area contributed by atoms with Crippen LogP contribution in [0.1, 0.15) is 15.2 Å². The summed E-state index contributed by atoms with van der Waals surface area (Å²) >= 11 is 1.42. The quantitative estimate of drug-likeness (QED) is 0.467. The Morgan fingerprint density at radius 2 is 1.84 bits per heavy atom. The largest absolute Gasteiger partial charge is 0.416 e. The molecule has 1 saturated heterocycles. The minimum Gasteiger partial charge on any atom is -0.336 e. The van der Waals surface area contributed by atoms with Gasteiger partial charge in [0.2, 0.25) is 5.95 Å². The van der Waals surface area contributed by atoms with Crippen LogP contribution in [0.4, 0.5) is 19.1 Å². The van der Waals surface area contributed by atoms with Crippen molar-refractivity contribution in [3.8, 4) is 11.3 Å². The number of rotatable bonds is 3. The summed E-state index contributed by atoms with van der Waals surface area (Å²) in [6.45, 7) is 2.15. The molecular weight excluding hydrogens is 441 g/mol. The van der Waals surface area contributed by atoms with Crippen LogP contribution in [-0.2, 0) is 6.18 Å². The van der Waals surface area contributed by atoms with Crippen molar-refractivity contribution in [3.05, 3.63) is 64.5 Å². The molecule has 0 N–H and O–H groups in total. The third kappa shape index (κ3) is 3.79. The van der Waals surface area contributed by atoms with Crippen LogP contribution in [0.25, 0.3) is 17.0 Å². The van der Waals surface area contributed by atoms with Gasteiger partial charge in [-0.3, -0.25) is 4.79 Å². The van der Waals surface area contributed by atoms with E-state index in [4.69, 9.17) is 0 Å². The van der Waals surface area contributed by atoms with Gasteiger partial charge in [-0.15, -0.1) is 16.4 Å². The zero-order chi connectivity index (χ0) is 22.3. The molecule has 32 heavy (non-hydrogen) atoms. The van der Waals surface area contributed by atoms with Crippen LogP contribution in [0.3, 0.4) is 0 Å². The molecular formula is C21H17F3N6OS. The van der Waals surface area contributed by atoms with Gasteiger partial charge in [-0.1, -0.05) is 18.2 Å². The summed E-state index contributed by atoms with van der Waals surface area (Å²) in [7, 11) is 0. The molecule has 11 heteroatoms. The van der Waals surface area contributed by atoms with Crippen molar-refractivity contribution in [1.82, 2.24) is 24.5 Å². The van der Waals surface area contributed by atoms with E-state index in [1.165, 1.54) is 28.1 Å². The lowest BCUT2D eigenvalue weighted by atomic mass is 10.1. The average Bonchev–Trinajstić information content (AvgIpc) is 3.48. The molecule has 1 aromatic carbocycles. The smallest absolute Gasteiger partial charge is 0.336 e. The Bertz CT molecular complexity index is 1260. The summed E-state index contributed by atoms with van der Waals surface area (Å²) in [5.41, 5.74) is 0.105. The topological polar surface area (TPSA) is 66.6 Å².